The Bertz CT molecular complexity index is 1870. The molecule has 1 saturated heterocycles. The maximum atomic E-state index is 7.11. The van der Waals surface area contributed by atoms with E-state index in [1.54, 1.807) is 22.7 Å². The first-order valence-corrected chi connectivity index (χ1v) is 16.3. The van der Waals surface area contributed by atoms with Crippen LogP contribution in [0.4, 0.5) is 5.69 Å². The first-order chi connectivity index (χ1) is 20.8. The number of nitrogens with zero attached hydrogens (tertiary/aromatic N) is 3. The van der Waals surface area contributed by atoms with E-state index in [0.717, 1.165) is 67.7 Å². The van der Waals surface area contributed by atoms with E-state index in [0.29, 0.717) is 0 Å². The lowest BCUT2D eigenvalue weighted by atomic mass is 9.83. The van der Waals surface area contributed by atoms with Crippen molar-refractivity contribution in [2.45, 2.75) is 24.9 Å². The average Bonchev–Trinajstić information content (AvgIpc) is 3.81. The van der Waals surface area contributed by atoms with Gasteiger partial charge in [0.1, 0.15) is 5.75 Å². The second-order valence-electron chi connectivity index (χ2n) is 10.9. The molecule has 5 heterocycles. The van der Waals surface area contributed by atoms with Gasteiger partial charge in [-0.05, 0) is 78.6 Å². The van der Waals surface area contributed by atoms with Crippen LogP contribution in [0.25, 0.3) is 38.3 Å². The Kier molecular flexibility index (Phi) is 6.38. The van der Waals surface area contributed by atoms with Crippen molar-refractivity contribution in [3.63, 3.8) is 0 Å². The molecule has 2 aliphatic rings. The summed E-state index contributed by atoms with van der Waals surface area (Å²) >= 11 is 3.36. The van der Waals surface area contributed by atoms with Gasteiger partial charge >= 0.3 is 0 Å². The highest BCUT2D eigenvalue weighted by Crippen LogP contribution is 2.46. The molecule has 0 bridgehead atoms. The van der Waals surface area contributed by atoms with Crippen molar-refractivity contribution in [2.75, 3.05) is 18.0 Å². The fourth-order valence-corrected chi connectivity index (χ4v) is 7.61. The molecule has 0 radical (unpaired) electrons. The summed E-state index contributed by atoms with van der Waals surface area (Å²) < 4.78 is 7.11. The molecule has 2 aliphatic heterocycles. The normalized spacial score (nSPS) is 18.1. The van der Waals surface area contributed by atoms with Crippen molar-refractivity contribution in [1.82, 2.24) is 9.97 Å². The van der Waals surface area contributed by atoms with Crippen LogP contribution < -0.4 is 9.64 Å². The topological polar surface area (TPSA) is 38.2 Å². The highest BCUT2D eigenvalue weighted by atomic mass is 32.1. The van der Waals surface area contributed by atoms with E-state index < -0.39 is 5.60 Å². The van der Waals surface area contributed by atoms with E-state index in [9.17, 15) is 0 Å². The Hall–Kier alpha value is -4.26. The molecule has 0 N–H and O–H groups in total. The van der Waals surface area contributed by atoms with Crippen LogP contribution in [-0.2, 0) is 5.60 Å². The highest BCUT2D eigenvalue weighted by molar-refractivity contribution is 7.14. The van der Waals surface area contributed by atoms with Crippen molar-refractivity contribution in [3.05, 3.63) is 125 Å². The number of benzene rings is 3. The van der Waals surface area contributed by atoms with Gasteiger partial charge in [0.05, 0.1) is 21.0 Å². The summed E-state index contributed by atoms with van der Waals surface area (Å²) in [4.78, 5) is 14.8. The van der Waals surface area contributed by atoms with E-state index in [1.807, 2.05) is 6.07 Å². The smallest absolute Gasteiger partial charge is 0.178 e. The van der Waals surface area contributed by atoms with Crippen LogP contribution in [-0.4, -0.2) is 23.1 Å². The summed E-state index contributed by atoms with van der Waals surface area (Å²) in [6, 6.07) is 32.0. The van der Waals surface area contributed by atoms with Gasteiger partial charge in [-0.15, -0.1) is 22.7 Å². The van der Waals surface area contributed by atoms with Crippen LogP contribution >= 0.6 is 22.7 Å². The molecule has 0 saturated carbocycles. The maximum absolute atomic E-state index is 7.11. The second kappa shape index (κ2) is 10.5. The standard InChI is InChI=1S/C36H29N3OS2/c1-3-9-25(10-4-1)36(26-13-15-27(16-14-26)39-21-5-2-6-22-39)20-19-28-30(40-36)18-17-29-33(28)34(31-11-7-23-41-31)38-35(37-29)32-12-8-24-42-32/h1,3-4,7-20,23-24H,2,5-6,21-22H2. The first kappa shape index (κ1) is 25.5. The quantitative estimate of drug-likeness (QED) is 0.203. The Morgan fingerprint density at radius 3 is 2.17 bits per heavy atom. The number of aromatic nitrogens is 2. The average molecular weight is 584 g/mol. The molecule has 3 aromatic heterocycles. The molecule has 0 amide bonds. The van der Waals surface area contributed by atoms with Gasteiger partial charge in [-0.25, -0.2) is 9.97 Å². The molecular weight excluding hydrogens is 555 g/mol. The number of fused-ring (bicyclic) bond motifs is 3. The van der Waals surface area contributed by atoms with E-state index in [2.05, 4.69) is 113 Å². The number of hydrogen-bond donors (Lipinski definition) is 0. The first-order valence-electron chi connectivity index (χ1n) is 14.5. The number of ether oxygens (including phenoxy) is 1. The summed E-state index contributed by atoms with van der Waals surface area (Å²) in [6.07, 6.45) is 8.28. The number of thiophene rings is 2. The molecule has 1 unspecified atom stereocenters. The molecule has 8 rings (SSSR count). The third-order valence-corrected chi connectivity index (χ3v) is 10.1. The molecule has 6 heteroatoms. The van der Waals surface area contributed by atoms with E-state index in [-0.39, 0.29) is 0 Å². The monoisotopic (exact) mass is 583 g/mol. The Morgan fingerprint density at radius 1 is 0.690 bits per heavy atom. The lowest BCUT2D eigenvalue weighted by molar-refractivity contribution is 0.161. The highest BCUT2D eigenvalue weighted by Gasteiger charge is 2.38. The SMILES string of the molecule is C1=CC(c2ccccc2)(c2ccc(N3CCCCC3)cc2)Oc2ccc3nc(-c4cccs4)nc(-c4cccs4)c3c21. The number of piperidine rings is 1. The van der Waals surface area contributed by atoms with Gasteiger partial charge in [-0.3, -0.25) is 0 Å². The zero-order valence-corrected chi connectivity index (χ0v) is 24.7. The predicted octanol–water partition coefficient (Wildman–Crippen LogP) is 9.43. The fraction of sp³-hybridized carbons (Fsp3) is 0.167. The van der Waals surface area contributed by atoms with Crippen molar-refractivity contribution >= 4 is 45.3 Å². The third-order valence-electron chi connectivity index (χ3n) is 8.34. The van der Waals surface area contributed by atoms with Crippen LogP contribution in [0.1, 0.15) is 36.0 Å². The van der Waals surface area contributed by atoms with E-state index in [1.165, 1.54) is 24.9 Å². The van der Waals surface area contributed by atoms with Crippen molar-refractivity contribution in [2.24, 2.45) is 0 Å². The van der Waals surface area contributed by atoms with Gasteiger partial charge in [-0.2, -0.15) is 0 Å². The number of rotatable bonds is 5. The largest absolute Gasteiger partial charge is 0.473 e. The van der Waals surface area contributed by atoms with E-state index >= 15 is 0 Å². The van der Waals surface area contributed by atoms with Crippen LogP contribution in [0.3, 0.4) is 0 Å². The molecule has 3 aromatic carbocycles. The second-order valence-corrected chi connectivity index (χ2v) is 12.7. The summed E-state index contributed by atoms with van der Waals surface area (Å²) in [5, 5.41) is 5.19. The van der Waals surface area contributed by atoms with Crippen molar-refractivity contribution in [3.8, 4) is 27.0 Å². The van der Waals surface area contributed by atoms with Crippen LogP contribution in [0.15, 0.2) is 108 Å². The Morgan fingerprint density at radius 2 is 1.43 bits per heavy atom. The fourth-order valence-electron chi connectivity index (χ4n) is 6.24. The summed E-state index contributed by atoms with van der Waals surface area (Å²) in [5.74, 6) is 1.59. The summed E-state index contributed by atoms with van der Waals surface area (Å²) in [5.41, 5.74) is 5.63. The van der Waals surface area contributed by atoms with Crippen LogP contribution in [0.2, 0.25) is 0 Å². The zero-order valence-electron chi connectivity index (χ0n) is 23.1. The van der Waals surface area contributed by atoms with Crippen molar-refractivity contribution in [1.29, 1.82) is 0 Å². The molecule has 42 heavy (non-hydrogen) atoms. The molecule has 1 fully saturated rings. The minimum atomic E-state index is -0.747. The Balaban J connectivity index is 1.28. The predicted molar refractivity (Wildman–Crippen MR) is 176 cm³/mol. The number of anilines is 1. The maximum Gasteiger partial charge on any atom is 0.178 e. The van der Waals surface area contributed by atoms with E-state index in [4.69, 9.17) is 14.7 Å². The minimum absolute atomic E-state index is 0.747. The van der Waals surface area contributed by atoms with Gasteiger partial charge in [-0.1, -0.05) is 54.6 Å². The zero-order chi connectivity index (χ0) is 27.9. The lowest BCUT2D eigenvalue weighted by Crippen LogP contribution is -2.34. The lowest BCUT2D eigenvalue weighted by Gasteiger charge is -2.37. The third kappa shape index (κ3) is 4.34. The number of hydrogen-bond acceptors (Lipinski definition) is 6. The molecule has 0 aliphatic carbocycles. The molecule has 0 spiro atoms. The summed E-state index contributed by atoms with van der Waals surface area (Å²) in [7, 11) is 0. The molecule has 206 valence electrons. The van der Waals surface area contributed by atoms with Gasteiger partial charge in [0.15, 0.2) is 11.4 Å². The minimum Gasteiger partial charge on any atom is -0.473 e. The molecule has 6 aromatic rings. The van der Waals surface area contributed by atoms with Gasteiger partial charge < -0.3 is 9.64 Å². The van der Waals surface area contributed by atoms with Crippen LogP contribution in [0.5, 0.6) is 5.75 Å². The molecular formula is C36H29N3OS2. The molecule has 1 atom stereocenters. The Labute approximate surface area is 253 Å². The summed E-state index contributed by atoms with van der Waals surface area (Å²) in [6.45, 7) is 2.26. The van der Waals surface area contributed by atoms with Gasteiger partial charge in [0.2, 0.25) is 0 Å². The van der Waals surface area contributed by atoms with Crippen LogP contribution in [0, 0.1) is 0 Å². The van der Waals surface area contributed by atoms with Gasteiger partial charge in [0, 0.05) is 40.9 Å². The van der Waals surface area contributed by atoms with Crippen molar-refractivity contribution < 1.29 is 4.74 Å². The van der Waals surface area contributed by atoms with Gasteiger partial charge in [0.25, 0.3) is 0 Å². The molecule has 4 nitrogen and oxygen atoms in total.